The zero-order valence-corrected chi connectivity index (χ0v) is 31.7. The van der Waals surface area contributed by atoms with Gasteiger partial charge in [-0.25, -0.2) is 9.38 Å². The topological polar surface area (TPSA) is 124 Å². The molecule has 4 N–H and O–H groups in total. The molecule has 9 nitrogen and oxygen atoms in total. The number of ether oxygens (including phenoxy) is 1. The molecular weight excluding hydrogens is 649 g/mol. The summed E-state index contributed by atoms with van der Waals surface area (Å²) in [4.78, 5) is 25.2. The Hall–Kier alpha value is -2.31. The number of benzene rings is 1. The van der Waals surface area contributed by atoms with Gasteiger partial charge in [-0.3, -0.25) is 14.9 Å². The maximum absolute atomic E-state index is 15.1. The minimum atomic E-state index is -1.17. The van der Waals surface area contributed by atoms with Crippen molar-refractivity contribution >= 4 is 12.1 Å². The molecule has 10 heteroatoms. The highest BCUT2D eigenvalue weighted by atomic mass is 19.1. The van der Waals surface area contributed by atoms with Crippen LogP contribution >= 0.6 is 0 Å². The third-order valence-electron chi connectivity index (χ3n) is 13.7. The van der Waals surface area contributed by atoms with Gasteiger partial charge in [-0.05, 0) is 89.0 Å². The van der Waals surface area contributed by atoms with Crippen LogP contribution in [0.1, 0.15) is 97.4 Å². The van der Waals surface area contributed by atoms with E-state index >= 15 is 4.39 Å². The standard InChI is InChI=1S/C41H60FN3O6/c1-23(2)12-30(18-46)44-37(48)28-13-27(14-29(42)15-28)31-11-9-10-26(36(31)50-8)17-45-35(34(24(3)4)33(19-47)51-45)38(49)43-22-40-20-41(21-40)16-32(25(40)5)39(41,6)7/h9-11,13-15,22-25,30-37,44,46-48H,12,16-21H2,1-8H3/t25-,30-,31?,32-,33-,34+,35?,36?,37?,40?,41?/m0/s1. The smallest absolute Gasteiger partial charge is 0.265 e. The van der Waals surface area contributed by atoms with Crippen LogP contribution in [0, 0.1) is 51.7 Å². The summed E-state index contributed by atoms with van der Waals surface area (Å²) in [6.45, 7) is 15.2. The Balaban J connectivity index is 1.21. The summed E-state index contributed by atoms with van der Waals surface area (Å²) >= 11 is 0. The Labute approximate surface area is 303 Å². The summed E-state index contributed by atoms with van der Waals surface area (Å²) in [5.41, 5.74) is 2.50. The van der Waals surface area contributed by atoms with E-state index in [1.165, 1.54) is 18.6 Å². The van der Waals surface area contributed by atoms with Crippen molar-refractivity contribution in [2.75, 3.05) is 26.9 Å². The van der Waals surface area contributed by atoms with Crippen molar-refractivity contribution < 1.29 is 34.1 Å². The quantitative estimate of drug-likeness (QED) is 0.143. The van der Waals surface area contributed by atoms with Gasteiger partial charge >= 0.3 is 0 Å². The molecule has 1 aliphatic heterocycles. The van der Waals surface area contributed by atoms with Crippen LogP contribution in [-0.2, 0) is 14.4 Å². The lowest BCUT2D eigenvalue weighted by Gasteiger charge is -2.81. The summed E-state index contributed by atoms with van der Waals surface area (Å²) in [6.07, 6.45) is 9.61. The number of methoxy groups -OCH3 is 1. The van der Waals surface area contributed by atoms with Gasteiger partial charge < -0.3 is 20.1 Å². The first-order chi connectivity index (χ1) is 24.1. The number of aliphatic imine (C=N–C) groups is 1. The van der Waals surface area contributed by atoms with E-state index in [0.717, 1.165) is 18.4 Å². The largest absolute Gasteiger partial charge is 0.395 e. The number of halogens is 1. The molecule has 1 aromatic carbocycles. The van der Waals surface area contributed by atoms with Crippen molar-refractivity contribution in [3.63, 3.8) is 0 Å². The lowest BCUT2D eigenvalue weighted by molar-refractivity contribution is -0.308. The molecule has 8 aliphatic rings. The molecule has 3 bridgehead atoms. The van der Waals surface area contributed by atoms with E-state index in [9.17, 15) is 20.1 Å². The minimum absolute atomic E-state index is 0.0342. The van der Waals surface area contributed by atoms with Gasteiger partial charge in [-0.15, -0.1) is 0 Å². The van der Waals surface area contributed by atoms with Gasteiger partial charge in [-0.1, -0.05) is 72.8 Å². The molecule has 7 aliphatic carbocycles. The Morgan fingerprint density at radius 2 is 1.92 bits per heavy atom. The average molecular weight is 710 g/mol. The molecule has 9 rings (SSSR count). The number of aliphatic hydroxyl groups is 3. The van der Waals surface area contributed by atoms with E-state index in [1.54, 1.807) is 18.2 Å². The molecule has 7 fully saturated rings. The van der Waals surface area contributed by atoms with Gasteiger partial charge in [0.05, 0.1) is 19.3 Å². The van der Waals surface area contributed by atoms with Crippen molar-refractivity contribution in [3.05, 3.63) is 58.9 Å². The zero-order valence-electron chi connectivity index (χ0n) is 31.7. The van der Waals surface area contributed by atoms with Crippen LogP contribution in [0.3, 0.4) is 0 Å². The summed E-state index contributed by atoms with van der Waals surface area (Å²) in [5.74, 6) is 0.0689. The zero-order chi connectivity index (χ0) is 37.0. The normalized spacial score (nSPS) is 36.7. The maximum atomic E-state index is 15.1. The van der Waals surface area contributed by atoms with Crippen LogP contribution in [-0.4, -0.2) is 83.7 Å². The molecule has 1 aromatic rings. The number of carbonyl (C=O) groups is 1. The van der Waals surface area contributed by atoms with Gasteiger partial charge in [-0.2, -0.15) is 5.06 Å². The second-order valence-corrected chi connectivity index (χ2v) is 17.7. The lowest BCUT2D eigenvalue weighted by Crippen LogP contribution is -2.75. The summed E-state index contributed by atoms with van der Waals surface area (Å²) in [6, 6.07) is 3.48. The average Bonchev–Trinajstić information content (AvgIpc) is 3.44. The fourth-order valence-corrected chi connectivity index (χ4v) is 10.8. The number of hydroxylamine groups is 2. The minimum Gasteiger partial charge on any atom is -0.395 e. The molecule has 9 atom stereocenters. The Kier molecular flexibility index (Phi) is 10.9. The highest BCUT2D eigenvalue weighted by Gasteiger charge is 2.77. The molecule has 1 amide bonds. The van der Waals surface area contributed by atoms with E-state index in [1.807, 2.05) is 52.1 Å². The van der Waals surface area contributed by atoms with Crippen LogP contribution < -0.4 is 5.32 Å². The molecule has 0 aromatic heterocycles. The number of nitrogens with one attached hydrogen (secondary N) is 1. The number of hydrogen-bond acceptors (Lipinski definition) is 8. The summed E-state index contributed by atoms with van der Waals surface area (Å²) in [7, 11) is 1.60. The number of amides is 1. The van der Waals surface area contributed by atoms with E-state index < -0.39 is 36.2 Å². The SMILES string of the molecule is COC1C(CN2O[C@@H](CO)[C@@H](C(C)C)C2C(=O)N=CC23CC4(C[C@@H]([C@@H]2C)C4(C)C)C3)=CC=CC1c1cc(F)cc(C(O)N[C@H](CO)CC(C)C)c1. The monoisotopic (exact) mass is 709 g/mol. The van der Waals surface area contributed by atoms with Gasteiger partial charge in [0.2, 0.25) is 0 Å². The van der Waals surface area contributed by atoms with Crippen LogP contribution in [0.2, 0.25) is 0 Å². The second-order valence-electron chi connectivity index (χ2n) is 17.7. The van der Waals surface area contributed by atoms with Crippen LogP contribution in [0.15, 0.2) is 47.0 Å². The van der Waals surface area contributed by atoms with Crippen molar-refractivity contribution in [1.29, 1.82) is 0 Å². The van der Waals surface area contributed by atoms with Gasteiger partial charge in [0, 0.05) is 43.2 Å². The molecule has 0 radical (unpaired) electrons. The first kappa shape index (κ1) is 38.4. The molecule has 1 spiro atoms. The van der Waals surface area contributed by atoms with E-state index in [-0.39, 0.29) is 49.0 Å². The Morgan fingerprint density at radius 1 is 1.20 bits per heavy atom. The van der Waals surface area contributed by atoms with Crippen LogP contribution in [0.5, 0.6) is 0 Å². The fraction of sp³-hybridized carbons (Fsp3) is 0.707. The number of aliphatic hydroxyl groups excluding tert-OH is 3. The van der Waals surface area contributed by atoms with Crippen molar-refractivity contribution in [2.24, 2.45) is 50.8 Å². The number of hydrogen-bond donors (Lipinski definition) is 4. The Morgan fingerprint density at radius 3 is 2.51 bits per heavy atom. The van der Waals surface area contributed by atoms with Crippen molar-refractivity contribution in [3.8, 4) is 0 Å². The molecule has 1 heterocycles. The molecule has 6 saturated carbocycles. The number of nitrogens with zero attached hydrogens (tertiary/aromatic N) is 2. The second kappa shape index (κ2) is 14.5. The number of rotatable bonds is 14. The first-order valence-corrected chi connectivity index (χ1v) is 19.0. The van der Waals surface area contributed by atoms with E-state index in [4.69, 9.17) is 14.6 Å². The third kappa shape index (κ3) is 6.72. The fourth-order valence-electron chi connectivity index (χ4n) is 10.8. The number of allylic oxidation sites excluding steroid dienone is 2. The van der Waals surface area contributed by atoms with Crippen molar-refractivity contribution in [1.82, 2.24) is 10.4 Å². The maximum Gasteiger partial charge on any atom is 0.265 e. The van der Waals surface area contributed by atoms with Gasteiger partial charge in [0.1, 0.15) is 24.2 Å². The molecular formula is C41H60FN3O6. The predicted molar refractivity (Wildman–Crippen MR) is 195 cm³/mol. The summed E-state index contributed by atoms with van der Waals surface area (Å²) in [5, 5.41) is 35.9. The summed E-state index contributed by atoms with van der Waals surface area (Å²) < 4.78 is 21.2. The highest BCUT2D eigenvalue weighted by Crippen LogP contribution is 2.84. The predicted octanol–water partition coefficient (Wildman–Crippen LogP) is 5.72. The first-order valence-electron chi connectivity index (χ1n) is 19.0. The molecule has 1 saturated heterocycles. The van der Waals surface area contributed by atoms with Crippen LogP contribution in [0.4, 0.5) is 4.39 Å². The lowest BCUT2D eigenvalue weighted by atomic mass is 9.23. The third-order valence-corrected chi connectivity index (χ3v) is 13.7. The van der Waals surface area contributed by atoms with Gasteiger partial charge in [0.15, 0.2) is 0 Å². The van der Waals surface area contributed by atoms with Crippen molar-refractivity contribution in [2.45, 2.75) is 111 Å². The highest BCUT2D eigenvalue weighted by molar-refractivity contribution is 5.91. The van der Waals surface area contributed by atoms with Gasteiger partial charge in [0.25, 0.3) is 5.91 Å². The van der Waals surface area contributed by atoms with Crippen LogP contribution in [0.25, 0.3) is 0 Å². The van der Waals surface area contributed by atoms with E-state index in [2.05, 4.69) is 26.1 Å². The van der Waals surface area contributed by atoms with E-state index in [0.29, 0.717) is 46.1 Å². The number of carbonyl (C=O) groups excluding carboxylic acids is 1. The molecule has 51 heavy (non-hydrogen) atoms. The molecule has 282 valence electrons. The Bertz CT molecular complexity index is 1530. The molecule has 4 unspecified atom stereocenters.